The largest absolute Gasteiger partial charge is 0.340 e. The van der Waals surface area contributed by atoms with E-state index in [4.69, 9.17) is 12.2 Å². The van der Waals surface area contributed by atoms with Gasteiger partial charge in [-0.25, -0.2) is 0 Å². The van der Waals surface area contributed by atoms with Crippen molar-refractivity contribution in [2.75, 3.05) is 26.2 Å². The van der Waals surface area contributed by atoms with Crippen LogP contribution in [0.4, 0.5) is 0 Å². The lowest BCUT2D eigenvalue weighted by Gasteiger charge is -2.34. The Kier molecular flexibility index (Phi) is 6.38. The highest BCUT2D eigenvalue weighted by Crippen LogP contribution is 2.14. The molecule has 0 radical (unpaired) electrons. The molecule has 0 bridgehead atoms. The Hall–Kier alpha value is -3.55. The van der Waals surface area contributed by atoms with Gasteiger partial charge in [-0.15, -0.1) is 0 Å². The van der Waals surface area contributed by atoms with Crippen molar-refractivity contribution in [2.24, 2.45) is 0 Å². The molecule has 1 aromatic heterocycles. The van der Waals surface area contributed by atoms with Crippen molar-refractivity contribution in [3.8, 4) is 5.69 Å². The lowest BCUT2D eigenvalue weighted by Crippen LogP contribution is -2.48. The first-order valence-corrected chi connectivity index (χ1v) is 11.9. The van der Waals surface area contributed by atoms with Crippen LogP contribution in [0.15, 0.2) is 83.7 Å². The second kappa shape index (κ2) is 9.75. The van der Waals surface area contributed by atoms with E-state index in [9.17, 15) is 9.59 Å². The van der Waals surface area contributed by atoms with Crippen molar-refractivity contribution in [2.45, 2.75) is 13.0 Å². The van der Waals surface area contributed by atoms with E-state index in [1.165, 1.54) is 10.1 Å². The number of aromatic amines is 1. The zero-order valence-electron chi connectivity index (χ0n) is 18.8. The van der Waals surface area contributed by atoms with E-state index in [1.54, 1.807) is 6.07 Å². The van der Waals surface area contributed by atoms with Gasteiger partial charge >= 0.3 is 0 Å². The highest BCUT2D eigenvalue weighted by Gasteiger charge is 2.21. The first kappa shape index (κ1) is 22.3. The summed E-state index contributed by atoms with van der Waals surface area (Å²) in [6, 6.07) is 25.2. The molecule has 1 aliphatic rings. The van der Waals surface area contributed by atoms with Gasteiger partial charge in [-0.3, -0.25) is 19.1 Å². The zero-order valence-corrected chi connectivity index (χ0v) is 19.6. The molecule has 6 nitrogen and oxygen atoms in total. The SMILES string of the molecule is O=C(Cc1ccc(-n2c(=S)[nH]c3ccccc3c2=O)cc1)N1CCN(Cc2ccccc2)CC1. The van der Waals surface area contributed by atoms with E-state index in [2.05, 4.69) is 34.1 Å². The number of carbonyl (C=O) groups excluding carboxylic acids is 1. The fraction of sp³-hybridized carbons (Fsp3) is 0.222. The molecule has 172 valence electrons. The second-order valence-electron chi connectivity index (χ2n) is 8.60. The van der Waals surface area contributed by atoms with Crippen LogP contribution in [-0.4, -0.2) is 51.4 Å². The molecule has 5 rings (SSSR count). The Morgan fingerprint density at radius 2 is 1.50 bits per heavy atom. The summed E-state index contributed by atoms with van der Waals surface area (Å²) in [5.74, 6) is 0.132. The number of H-pyrrole nitrogens is 1. The number of amides is 1. The van der Waals surface area contributed by atoms with E-state index in [1.807, 2.05) is 53.4 Å². The van der Waals surface area contributed by atoms with E-state index in [0.29, 0.717) is 22.3 Å². The fourth-order valence-corrected chi connectivity index (χ4v) is 4.74. The highest BCUT2D eigenvalue weighted by molar-refractivity contribution is 7.71. The second-order valence-corrected chi connectivity index (χ2v) is 8.99. The van der Waals surface area contributed by atoms with Gasteiger partial charge in [-0.05, 0) is 47.6 Å². The molecule has 0 aliphatic carbocycles. The van der Waals surface area contributed by atoms with Gasteiger partial charge in [0.05, 0.1) is 23.0 Å². The molecular weight excluding hydrogens is 444 g/mol. The third kappa shape index (κ3) is 4.71. The van der Waals surface area contributed by atoms with Gasteiger partial charge in [0.25, 0.3) is 5.56 Å². The smallest absolute Gasteiger partial charge is 0.266 e. The minimum atomic E-state index is -0.156. The first-order chi connectivity index (χ1) is 16.6. The molecule has 0 saturated carbocycles. The highest BCUT2D eigenvalue weighted by atomic mass is 32.1. The number of rotatable bonds is 5. The zero-order chi connectivity index (χ0) is 23.5. The molecule has 3 aromatic carbocycles. The molecule has 0 unspecified atom stereocenters. The molecule has 0 atom stereocenters. The van der Waals surface area contributed by atoms with Crippen LogP contribution in [0.5, 0.6) is 0 Å². The summed E-state index contributed by atoms with van der Waals surface area (Å²) < 4.78 is 1.84. The number of nitrogens with one attached hydrogen (secondary N) is 1. The number of nitrogens with zero attached hydrogens (tertiary/aromatic N) is 3. The number of hydrogen-bond acceptors (Lipinski definition) is 4. The maximum absolute atomic E-state index is 13.0. The third-order valence-electron chi connectivity index (χ3n) is 6.33. The predicted molar refractivity (Wildman–Crippen MR) is 137 cm³/mol. The summed E-state index contributed by atoms with van der Waals surface area (Å²) in [6.45, 7) is 4.16. The maximum atomic E-state index is 13.0. The van der Waals surface area contributed by atoms with E-state index < -0.39 is 0 Å². The van der Waals surface area contributed by atoms with Crippen LogP contribution in [0.2, 0.25) is 0 Å². The van der Waals surface area contributed by atoms with Gasteiger partial charge in [0.2, 0.25) is 5.91 Å². The van der Waals surface area contributed by atoms with Gasteiger partial charge in [-0.2, -0.15) is 0 Å². The fourth-order valence-electron chi connectivity index (χ4n) is 4.44. The van der Waals surface area contributed by atoms with Crippen LogP contribution in [0, 0.1) is 4.77 Å². The van der Waals surface area contributed by atoms with Crippen LogP contribution in [0.3, 0.4) is 0 Å². The number of hydrogen-bond donors (Lipinski definition) is 1. The molecule has 1 amide bonds. The predicted octanol–water partition coefficient (Wildman–Crippen LogP) is 3.94. The molecular formula is C27H26N4O2S. The molecule has 1 saturated heterocycles. The molecule has 1 N–H and O–H groups in total. The van der Waals surface area contributed by atoms with Crippen molar-refractivity contribution >= 4 is 29.0 Å². The van der Waals surface area contributed by atoms with Gasteiger partial charge in [0, 0.05) is 32.7 Å². The molecule has 1 fully saturated rings. The van der Waals surface area contributed by atoms with Crippen molar-refractivity contribution in [1.82, 2.24) is 19.4 Å². The number of fused-ring (bicyclic) bond motifs is 1. The van der Waals surface area contributed by atoms with Crippen LogP contribution >= 0.6 is 12.2 Å². The third-order valence-corrected chi connectivity index (χ3v) is 6.61. The van der Waals surface area contributed by atoms with Crippen molar-refractivity contribution in [3.05, 3.63) is 105 Å². The molecule has 1 aliphatic heterocycles. The van der Waals surface area contributed by atoms with Crippen LogP contribution < -0.4 is 5.56 Å². The van der Waals surface area contributed by atoms with Crippen LogP contribution in [-0.2, 0) is 17.8 Å². The molecule has 4 aromatic rings. The monoisotopic (exact) mass is 470 g/mol. The van der Waals surface area contributed by atoms with Gasteiger partial charge in [0.1, 0.15) is 0 Å². The van der Waals surface area contributed by atoms with Gasteiger partial charge < -0.3 is 9.88 Å². The Balaban J connectivity index is 1.23. The van der Waals surface area contributed by atoms with Crippen molar-refractivity contribution in [1.29, 1.82) is 0 Å². The lowest BCUT2D eigenvalue weighted by molar-refractivity contribution is -0.132. The molecule has 2 heterocycles. The normalized spacial score (nSPS) is 14.4. The Labute approximate surface area is 203 Å². The first-order valence-electron chi connectivity index (χ1n) is 11.5. The van der Waals surface area contributed by atoms with Crippen molar-refractivity contribution < 1.29 is 4.79 Å². The number of aromatic nitrogens is 2. The number of piperazine rings is 1. The summed E-state index contributed by atoms with van der Waals surface area (Å²) in [6.07, 6.45) is 0.346. The Morgan fingerprint density at radius 1 is 0.824 bits per heavy atom. The van der Waals surface area contributed by atoms with Gasteiger partial charge in [-0.1, -0.05) is 54.6 Å². The van der Waals surface area contributed by atoms with Crippen molar-refractivity contribution in [3.63, 3.8) is 0 Å². The average molecular weight is 471 g/mol. The van der Waals surface area contributed by atoms with E-state index >= 15 is 0 Å². The summed E-state index contributed by atoms with van der Waals surface area (Å²) in [5, 5.41) is 0.585. The maximum Gasteiger partial charge on any atom is 0.266 e. The van der Waals surface area contributed by atoms with E-state index in [-0.39, 0.29) is 11.5 Å². The van der Waals surface area contributed by atoms with Gasteiger partial charge in [0.15, 0.2) is 4.77 Å². The summed E-state index contributed by atoms with van der Waals surface area (Å²) >= 11 is 5.43. The molecule has 0 spiro atoms. The summed E-state index contributed by atoms with van der Waals surface area (Å²) in [5.41, 5.74) is 3.47. The number of benzene rings is 3. The minimum absolute atomic E-state index is 0.132. The Morgan fingerprint density at radius 3 is 2.24 bits per heavy atom. The standard InChI is InChI=1S/C27H26N4O2S/c32-25(30-16-14-29(15-17-30)19-21-6-2-1-3-7-21)18-20-10-12-22(13-11-20)31-26(33)23-8-4-5-9-24(23)28-27(31)34/h1-13H,14-19H2,(H,28,34). The van der Waals surface area contributed by atoms with Crippen LogP contribution in [0.1, 0.15) is 11.1 Å². The topological polar surface area (TPSA) is 61.3 Å². The molecule has 7 heteroatoms. The summed E-state index contributed by atoms with van der Waals surface area (Å²) in [7, 11) is 0. The number of para-hydroxylation sites is 1. The Bertz CT molecular complexity index is 1420. The van der Waals surface area contributed by atoms with E-state index in [0.717, 1.165) is 43.8 Å². The summed E-state index contributed by atoms with van der Waals surface area (Å²) in [4.78, 5) is 33.3. The lowest BCUT2D eigenvalue weighted by atomic mass is 10.1. The average Bonchev–Trinajstić information content (AvgIpc) is 2.86. The van der Waals surface area contributed by atoms with Crippen LogP contribution in [0.25, 0.3) is 16.6 Å². The minimum Gasteiger partial charge on any atom is -0.340 e. The number of carbonyl (C=O) groups is 1. The molecule has 34 heavy (non-hydrogen) atoms. The quantitative estimate of drug-likeness (QED) is 0.449.